The summed E-state index contributed by atoms with van der Waals surface area (Å²) >= 11 is 0. The predicted molar refractivity (Wildman–Crippen MR) is 154 cm³/mol. The molecular formula is C31H31N5O2. The van der Waals surface area contributed by atoms with Crippen LogP contribution in [0.4, 0.5) is 5.82 Å². The van der Waals surface area contributed by atoms with Gasteiger partial charge in [0.2, 0.25) is 0 Å². The number of hydrogen-bond acceptors (Lipinski definition) is 6. The fourth-order valence-electron chi connectivity index (χ4n) is 4.35. The molecule has 7 nitrogen and oxygen atoms in total. The Bertz CT molecular complexity index is 1580. The van der Waals surface area contributed by atoms with Gasteiger partial charge >= 0.3 is 0 Å². The third-order valence-electron chi connectivity index (χ3n) is 6.52. The second-order valence-electron chi connectivity index (χ2n) is 9.49. The molecule has 0 bridgehead atoms. The van der Waals surface area contributed by atoms with Crippen LogP contribution in [0.1, 0.15) is 16.1 Å². The lowest BCUT2D eigenvalue weighted by molar-refractivity contribution is 0.0946. The number of anilines is 1. The highest BCUT2D eigenvalue weighted by Crippen LogP contribution is 2.30. The zero-order valence-corrected chi connectivity index (χ0v) is 21.9. The summed E-state index contributed by atoms with van der Waals surface area (Å²) in [5, 5.41) is 10.5. The van der Waals surface area contributed by atoms with E-state index in [0.717, 1.165) is 56.3 Å². The van der Waals surface area contributed by atoms with Crippen LogP contribution in [-0.2, 0) is 6.54 Å². The first-order chi connectivity index (χ1) is 18.5. The standard InChI is InChI=1S/C31H31N5O2/c1-36(2)15-14-33-31(37)29-18-26-16-23(8-9-25(26)20-34-29)24-7-6-22-12-13-32-30(28(22)17-24)35-19-21-4-10-27(38-3)11-5-21/h4-13,16-18,20H,14-15,19H2,1-3H3,(H,32,35)(H,33,37). The van der Waals surface area contributed by atoms with E-state index in [9.17, 15) is 4.79 Å². The molecule has 0 unspecified atom stereocenters. The molecule has 192 valence electrons. The molecule has 2 N–H and O–H groups in total. The van der Waals surface area contributed by atoms with Crippen LogP contribution in [0, 0.1) is 0 Å². The van der Waals surface area contributed by atoms with Crippen molar-refractivity contribution < 1.29 is 9.53 Å². The lowest BCUT2D eigenvalue weighted by atomic mass is 9.99. The first-order valence-electron chi connectivity index (χ1n) is 12.6. The van der Waals surface area contributed by atoms with Crippen molar-refractivity contribution >= 4 is 33.3 Å². The number of benzene rings is 3. The monoisotopic (exact) mass is 505 g/mol. The minimum atomic E-state index is -0.163. The number of amides is 1. The fourth-order valence-corrected chi connectivity index (χ4v) is 4.35. The number of pyridine rings is 2. The third kappa shape index (κ3) is 5.74. The molecule has 0 spiro atoms. The molecule has 0 saturated carbocycles. The molecular weight excluding hydrogens is 474 g/mol. The summed E-state index contributed by atoms with van der Waals surface area (Å²) in [6.07, 6.45) is 3.58. The lowest BCUT2D eigenvalue weighted by Crippen LogP contribution is -2.31. The van der Waals surface area contributed by atoms with Gasteiger partial charge in [0.15, 0.2) is 0 Å². The fraction of sp³-hybridized carbons (Fsp3) is 0.194. The SMILES string of the molecule is COc1ccc(CNc2nccc3ccc(-c4ccc5cnc(C(=O)NCCN(C)C)cc5c4)cc23)cc1. The van der Waals surface area contributed by atoms with Gasteiger partial charge in [0, 0.05) is 42.8 Å². The molecule has 0 atom stereocenters. The first-order valence-corrected chi connectivity index (χ1v) is 12.6. The summed E-state index contributed by atoms with van der Waals surface area (Å²) in [7, 11) is 5.62. The van der Waals surface area contributed by atoms with E-state index < -0.39 is 0 Å². The number of rotatable bonds is 9. The molecule has 0 fully saturated rings. The highest BCUT2D eigenvalue weighted by Gasteiger charge is 2.10. The second-order valence-corrected chi connectivity index (χ2v) is 9.49. The maximum absolute atomic E-state index is 12.6. The number of hydrogen-bond donors (Lipinski definition) is 2. The average molecular weight is 506 g/mol. The van der Waals surface area contributed by atoms with E-state index in [0.29, 0.717) is 18.8 Å². The van der Waals surface area contributed by atoms with Crippen molar-refractivity contribution in [1.82, 2.24) is 20.2 Å². The molecule has 1 amide bonds. The van der Waals surface area contributed by atoms with E-state index in [1.807, 2.05) is 67.7 Å². The number of carbonyl (C=O) groups is 1. The van der Waals surface area contributed by atoms with Crippen LogP contribution in [-0.4, -0.2) is 55.1 Å². The van der Waals surface area contributed by atoms with Gasteiger partial charge in [-0.3, -0.25) is 9.78 Å². The maximum atomic E-state index is 12.6. The summed E-state index contributed by atoms with van der Waals surface area (Å²) in [5.74, 6) is 1.51. The van der Waals surface area contributed by atoms with Gasteiger partial charge in [-0.2, -0.15) is 0 Å². The Morgan fingerprint density at radius 1 is 0.868 bits per heavy atom. The van der Waals surface area contributed by atoms with Crippen molar-refractivity contribution in [2.45, 2.75) is 6.54 Å². The normalized spacial score (nSPS) is 11.2. The summed E-state index contributed by atoms with van der Waals surface area (Å²) < 4.78 is 5.26. The first kappa shape index (κ1) is 25.2. The smallest absolute Gasteiger partial charge is 0.269 e. The Kier molecular flexibility index (Phi) is 7.47. The van der Waals surface area contributed by atoms with Gasteiger partial charge < -0.3 is 20.3 Å². The number of nitrogens with one attached hydrogen (secondary N) is 2. The number of likely N-dealkylation sites (N-methyl/N-ethyl adjacent to an activating group) is 1. The van der Waals surface area contributed by atoms with Gasteiger partial charge in [0.1, 0.15) is 17.3 Å². The Morgan fingerprint density at radius 3 is 2.39 bits per heavy atom. The van der Waals surface area contributed by atoms with Crippen LogP contribution in [0.15, 0.2) is 85.2 Å². The molecule has 0 aliphatic carbocycles. The number of aromatic nitrogens is 2. The Morgan fingerprint density at radius 2 is 1.63 bits per heavy atom. The molecule has 0 saturated heterocycles. The minimum absolute atomic E-state index is 0.163. The van der Waals surface area contributed by atoms with Crippen LogP contribution < -0.4 is 15.4 Å². The van der Waals surface area contributed by atoms with Crippen molar-refractivity contribution in [2.75, 3.05) is 39.6 Å². The van der Waals surface area contributed by atoms with E-state index in [1.54, 1.807) is 13.3 Å². The third-order valence-corrected chi connectivity index (χ3v) is 6.52. The van der Waals surface area contributed by atoms with Crippen molar-refractivity contribution in [1.29, 1.82) is 0 Å². The Labute approximate surface area is 222 Å². The zero-order valence-electron chi connectivity index (χ0n) is 21.9. The molecule has 5 aromatic rings. The van der Waals surface area contributed by atoms with E-state index >= 15 is 0 Å². The second kappa shape index (κ2) is 11.3. The van der Waals surface area contributed by atoms with E-state index in [2.05, 4.69) is 50.9 Å². The molecule has 0 radical (unpaired) electrons. The van der Waals surface area contributed by atoms with Crippen LogP contribution >= 0.6 is 0 Å². The zero-order chi connectivity index (χ0) is 26.5. The summed E-state index contributed by atoms with van der Waals surface area (Å²) in [6, 6.07) is 24.5. The number of methoxy groups -OCH3 is 1. The van der Waals surface area contributed by atoms with Gasteiger partial charge in [-0.25, -0.2) is 4.98 Å². The van der Waals surface area contributed by atoms with Gasteiger partial charge in [-0.1, -0.05) is 36.4 Å². The molecule has 38 heavy (non-hydrogen) atoms. The number of carbonyl (C=O) groups excluding carboxylic acids is 1. The Hall–Kier alpha value is -4.49. The molecule has 2 aromatic heterocycles. The highest BCUT2D eigenvalue weighted by molar-refractivity contribution is 5.98. The van der Waals surface area contributed by atoms with E-state index in [4.69, 9.17) is 4.74 Å². The highest BCUT2D eigenvalue weighted by atomic mass is 16.5. The maximum Gasteiger partial charge on any atom is 0.269 e. The number of fused-ring (bicyclic) bond motifs is 2. The van der Waals surface area contributed by atoms with Crippen LogP contribution in [0.2, 0.25) is 0 Å². The van der Waals surface area contributed by atoms with Crippen molar-refractivity contribution in [3.8, 4) is 16.9 Å². The number of nitrogens with zero attached hydrogens (tertiary/aromatic N) is 3. The largest absolute Gasteiger partial charge is 0.497 e. The topological polar surface area (TPSA) is 79.4 Å². The van der Waals surface area contributed by atoms with Gasteiger partial charge in [0.05, 0.1) is 7.11 Å². The molecule has 7 heteroatoms. The Balaban J connectivity index is 1.40. The molecule has 3 aromatic carbocycles. The van der Waals surface area contributed by atoms with Gasteiger partial charge in [-0.05, 0) is 78.0 Å². The lowest BCUT2D eigenvalue weighted by Gasteiger charge is -2.12. The van der Waals surface area contributed by atoms with Crippen molar-refractivity contribution in [3.63, 3.8) is 0 Å². The van der Waals surface area contributed by atoms with E-state index in [1.165, 1.54) is 0 Å². The predicted octanol–water partition coefficient (Wildman–Crippen LogP) is 5.36. The summed E-state index contributed by atoms with van der Waals surface area (Å²) in [6.45, 7) is 2.01. The number of ether oxygens (including phenoxy) is 1. The molecule has 0 aliphatic heterocycles. The molecule has 5 rings (SSSR count). The minimum Gasteiger partial charge on any atom is -0.497 e. The van der Waals surface area contributed by atoms with Crippen LogP contribution in [0.25, 0.3) is 32.7 Å². The van der Waals surface area contributed by atoms with Crippen LogP contribution in [0.5, 0.6) is 5.75 Å². The molecule has 0 aliphatic rings. The quantitative estimate of drug-likeness (QED) is 0.281. The van der Waals surface area contributed by atoms with Gasteiger partial charge in [0.25, 0.3) is 5.91 Å². The van der Waals surface area contributed by atoms with Gasteiger partial charge in [-0.15, -0.1) is 0 Å². The van der Waals surface area contributed by atoms with Crippen molar-refractivity contribution in [2.24, 2.45) is 0 Å². The van der Waals surface area contributed by atoms with E-state index in [-0.39, 0.29) is 5.91 Å². The van der Waals surface area contributed by atoms with Crippen LogP contribution in [0.3, 0.4) is 0 Å². The average Bonchev–Trinajstić information content (AvgIpc) is 2.95. The summed E-state index contributed by atoms with van der Waals surface area (Å²) in [4.78, 5) is 23.6. The molecule has 2 heterocycles. The van der Waals surface area contributed by atoms with Crippen molar-refractivity contribution in [3.05, 3.63) is 96.4 Å². The summed E-state index contributed by atoms with van der Waals surface area (Å²) in [5.41, 5.74) is 3.70.